The average molecular weight is 377 g/mol. The number of methoxy groups -OCH3 is 1. The molecule has 2 heterocycles. The molecule has 0 radical (unpaired) electrons. The summed E-state index contributed by atoms with van der Waals surface area (Å²) in [5.74, 6) is 0.967. The van der Waals surface area contributed by atoms with Gasteiger partial charge in [-0.3, -0.25) is 19.7 Å². The van der Waals surface area contributed by atoms with Crippen LogP contribution in [0, 0.1) is 6.92 Å². The van der Waals surface area contributed by atoms with E-state index in [2.05, 4.69) is 36.5 Å². The predicted octanol–water partition coefficient (Wildman–Crippen LogP) is -0.112. The molecule has 2 rings (SSSR count). The topological polar surface area (TPSA) is 82.1 Å². The molecule has 1 aromatic heterocycles. The molecule has 27 heavy (non-hydrogen) atoms. The first kappa shape index (κ1) is 21.1. The zero-order valence-electron chi connectivity index (χ0n) is 16.7. The second-order valence-electron chi connectivity index (χ2n) is 6.64. The van der Waals surface area contributed by atoms with Crippen LogP contribution in [0.2, 0.25) is 0 Å². The quantitative estimate of drug-likeness (QED) is 0.374. The second-order valence-corrected chi connectivity index (χ2v) is 6.64. The van der Waals surface area contributed by atoms with Gasteiger partial charge in [0.1, 0.15) is 0 Å². The lowest BCUT2D eigenvalue weighted by molar-refractivity contribution is -0.122. The normalized spacial score (nSPS) is 15.7. The van der Waals surface area contributed by atoms with E-state index < -0.39 is 0 Å². The number of hydrogen-bond acceptors (Lipinski definition) is 5. The zero-order valence-corrected chi connectivity index (χ0v) is 16.7. The first-order chi connectivity index (χ1) is 13.1. The van der Waals surface area contributed by atoms with Crippen LogP contribution in [0.3, 0.4) is 0 Å². The SMILES string of the molecule is CN=C(NCCc1ccc(C)nc1)N1CCN(CC(=O)NCCOC)CC1. The number of ether oxygens (including phenoxy) is 1. The van der Waals surface area contributed by atoms with Crippen LogP contribution in [0.5, 0.6) is 0 Å². The zero-order chi connectivity index (χ0) is 19.5. The number of nitrogens with one attached hydrogen (secondary N) is 2. The molecule has 0 bridgehead atoms. The summed E-state index contributed by atoms with van der Waals surface area (Å²) in [6.45, 7) is 7.76. The number of hydrogen-bond donors (Lipinski definition) is 2. The Morgan fingerprint density at radius 2 is 2.00 bits per heavy atom. The molecule has 0 spiro atoms. The van der Waals surface area contributed by atoms with Gasteiger partial charge in [0.25, 0.3) is 0 Å². The minimum atomic E-state index is 0.0507. The molecule has 1 aliphatic heterocycles. The Hall–Kier alpha value is -2.19. The fourth-order valence-corrected chi connectivity index (χ4v) is 2.97. The highest BCUT2D eigenvalue weighted by Gasteiger charge is 2.20. The van der Waals surface area contributed by atoms with Crippen molar-refractivity contribution >= 4 is 11.9 Å². The van der Waals surface area contributed by atoms with Gasteiger partial charge in [0.15, 0.2) is 5.96 Å². The largest absolute Gasteiger partial charge is 0.383 e. The lowest BCUT2D eigenvalue weighted by Crippen LogP contribution is -2.54. The van der Waals surface area contributed by atoms with Crippen LogP contribution in [0.1, 0.15) is 11.3 Å². The summed E-state index contributed by atoms with van der Waals surface area (Å²) < 4.78 is 4.94. The molecule has 1 saturated heterocycles. The smallest absolute Gasteiger partial charge is 0.234 e. The number of amides is 1. The van der Waals surface area contributed by atoms with Gasteiger partial charge in [-0.15, -0.1) is 0 Å². The third kappa shape index (κ3) is 7.52. The van der Waals surface area contributed by atoms with Crippen LogP contribution in [0.4, 0.5) is 0 Å². The summed E-state index contributed by atoms with van der Waals surface area (Å²) in [5.41, 5.74) is 2.25. The average Bonchev–Trinajstić information content (AvgIpc) is 2.68. The van der Waals surface area contributed by atoms with Gasteiger partial charge in [0.05, 0.1) is 13.2 Å². The van der Waals surface area contributed by atoms with Gasteiger partial charge in [0.2, 0.25) is 5.91 Å². The number of carbonyl (C=O) groups is 1. The molecule has 8 heteroatoms. The molecule has 8 nitrogen and oxygen atoms in total. The van der Waals surface area contributed by atoms with Gasteiger partial charge in [0, 0.05) is 65.3 Å². The number of guanidine groups is 1. The van der Waals surface area contributed by atoms with E-state index in [1.54, 1.807) is 7.11 Å². The van der Waals surface area contributed by atoms with Gasteiger partial charge in [-0.2, -0.15) is 0 Å². The van der Waals surface area contributed by atoms with E-state index in [9.17, 15) is 4.79 Å². The molecule has 1 fully saturated rings. The van der Waals surface area contributed by atoms with Crippen molar-refractivity contribution in [1.29, 1.82) is 0 Å². The highest BCUT2D eigenvalue weighted by atomic mass is 16.5. The van der Waals surface area contributed by atoms with E-state index in [4.69, 9.17) is 4.74 Å². The first-order valence-corrected chi connectivity index (χ1v) is 9.47. The lowest BCUT2D eigenvalue weighted by atomic mass is 10.2. The van der Waals surface area contributed by atoms with Crippen molar-refractivity contribution in [2.75, 3.05) is 66.6 Å². The second kappa shape index (κ2) is 11.5. The van der Waals surface area contributed by atoms with E-state index in [0.29, 0.717) is 19.7 Å². The van der Waals surface area contributed by atoms with Crippen LogP contribution < -0.4 is 10.6 Å². The van der Waals surface area contributed by atoms with Gasteiger partial charge < -0.3 is 20.3 Å². The van der Waals surface area contributed by atoms with E-state index in [0.717, 1.165) is 50.8 Å². The number of carbonyl (C=O) groups excluding carboxylic acids is 1. The molecule has 0 saturated carbocycles. The predicted molar refractivity (Wildman–Crippen MR) is 107 cm³/mol. The van der Waals surface area contributed by atoms with Crippen molar-refractivity contribution in [2.24, 2.45) is 4.99 Å². The number of nitrogens with zero attached hydrogens (tertiary/aromatic N) is 4. The van der Waals surface area contributed by atoms with Crippen LogP contribution in [0.25, 0.3) is 0 Å². The van der Waals surface area contributed by atoms with Crippen LogP contribution in [-0.4, -0.2) is 93.2 Å². The van der Waals surface area contributed by atoms with E-state index in [1.165, 1.54) is 5.56 Å². The number of piperazine rings is 1. The minimum Gasteiger partial charge on any atom is -0.383 e. The summed E-state index contributed by atoms with van der Waals surface area (Å²) >= 11 is 0. The Bertz CT molecular complexity index is 597. The van der Waals surface area contributed by atoms with Crippen LogP contribution in [-0.2, 0) is 16.0 Å². The van der Waals surface area contributed by atoms with Gasteiger partial charge >= 0.3 is 0 Å². The number of aliphatic imine (C=N–C) groups is 1. The Morgan fingerprint density at radius 1 is 1.22 bits per heavy atom. The van der Waals surface area contributed by atoms with Gasteiger partial charge in [-0.25, -0.2) is 0 Å². The molecule has 1 amide bonds. The molecule has 0 aromatic carbocycles. The van der Waals surface area contributed by atoms with Crippen molar-refractivity contribution in [3.63, 3.8) is 0 Å². The number of rotatable bonds is 8. The molecule has 0 atom stereocenters. The van der Waals surface area contributed by atoms with Crippen molar-refractivity contribution < 1.29 is 9.53 Å². The Balaban J connectivity index is 1.68. The Morgan fingerprint density at radius 3 is 2.63 bits per heavy atom. The molecule has 150 valence electrons. The summed E-state index contributed by atoms with van der Waals surface area (Å²) in [6.07, 6.45) is 2.84. The van der Waals surface area contributed by atoms with Gasteiger partial charge in [-0.1, -0.05) is 6.07 Å². The Labute approximate surface area is 162 Å². The van der Waals surface area contributed by atoms with Crippen molar-refractivity contribution in [3.05, 3.63) is 29.6 Å². The molecular weight excluding hydrogens is 344 g/mol. The maximum atomic E-state index is 11.9. The Kier molecular flexibility index (Phi) is 9.00. The summed E-state index contributed by atoms with van der Waals surface area (Å²) in [7, 11) is 3.44. The standard InChI is InChI=1S/C19H32N6O2/c1-16-4-5-17(14-23-16)6-7-22-19(20-2)25-11-9-24(10-12-25)15-18(26)21-8-13-27-3/h4-5,14H,6-13,15H2,1-3H3,(H,20,22)(H,21,26). The maximum absolute atomic E-state index is 11.9. The van der Waals surface area contributed by atoms with Crippen molar-refractivity contribution in [1.82, 2.24) is 25.4 Å². The van der Waals surface area contributed by atoms with Crippen LogP contribution in [0.15, 0.2) is 23.3 Å². The molecule has 1 aliphatic rings. The highest BCUT2D eigenvalue weighted by Crippen LogP contribution is 2.03. The van der Waals surface area contributed by atoms with E-state index in [1.807, 2.05) is 26.2 Å². The molecule has 0 unspecified atom stereocenters. The third-order valence-electron chi connectivity index (χ3n) is 4.55. The molecule has 2 N–H and O–H groups in total. The van der Waals surface area contributed by atoms with Crippen molar-refractivity contribution in [2.45, 2.75) is 13.3 Å². The molecular formula is C19H32N6O2. The van der Waals surface area contributed by atoms with Crippen molar-refractivity contribution in [3.8, 4) is 0 Å². The van der Waals surface area contributed by atoms with E-state index >= 15 is 0 Å². The number of aromatic nitrogens is 1. The monoisotopic (exact) mass is 376 g/mol. The third-order valence-corrected chi connectivity index (χ3v) is 4.55. The fourth-order valence-electron chi connectivity index (χ4n) is 2.97. The molecule has 0 aliphatic carbocycles. The van der Waals surface area contributed by atoms with Gasteiger partial charge in [-0.05, 0) is 25.0 Å². The van der Waals surface area contributed by atoms with E-state index in [-0.39, 0.29) is 5.91 Å². The number of pyridine rings is 1. The molecule has 1 aromatic rings. The summed E-state index contributed by atoms with van der Waals surface area (Å²) in [4.78, 5) is 25.0. The summed E-state index contributed by atoms with van der Waals surface area (Å²) in [5, 5.41) is 6.29. The highest BCUT2D eigenvalue weighted by molar-refractivity contribution is 5.80. The maximum Gasteiger partial charge on any atom is 0.234 e. The minimum absolute atomic E-state index is 0.0507. The fraction of sp³-hybridized carbons (Fsp3) is 0.632. The lowest BCUT2D eigenvalue weighted by Gasteiger charge is -2.36. The summed E-state index contributed by atoms with van der Waals surface area (Å²) in [6, 6.07) is 4.15. The van der Waals surface area contributed by atoms with Crippen LogP contribution >= 0.6 is 0 Å². The first-order valence-electron chi connectivity index (χ1n) is 9.47. The number of aryl methyl sites for hydroxylation is 1.